The lowest BCUT2D eigenvalue weighted by molar-refractivity contribution is -0.240. The van der Waals surface area contributed by atoms with Crippen molar-refractivity contribution in [1.82, 2.24) is 0 Å². The van der Waals surface area contributed by atoms with Gasteiger partial charge in [0.1, 0.15) is 11.9 Å². The Bertz CT molecular complexity index is 1010. The molecule has 0 aromatic heterocycles. The molecule has 4 unspecified atom stereocenters. The van der Waals surface area contributed by atoms with E-state index < -0.39 is 11.0 Å². The minimum atomic E-state index is -0.815. The number of Topliss-reactive ketones (excluding diaryl/α,β-unsaturated/α-hetero) is 1. The van der Waals surface area contributed by atoms with Gasteiger partial charge in [0.2, 0.25) is 0 Å². The van der Waals surface area contributed by atoms with Crippen LogP contribution >= 0.6 is 0 Å². The van der Waals surface area contributed by atoms with Gasteiger partial charge in [-0.15, -0.1) is 0 Å². The summed E-state index contributed by atoms with van der Waals surface area (Å²) in [6.45, 7) is 23.9. The molecule has 0 bridgehead atoms. The molecule has 4 heteroatoms. The lowest BCUT2D eigenvalue weighted by atomic mass is 9.35. The number of carbonyl (C=O) groups is 2. The van der Waals surface area contributed by atoms with Crippen molar-refractivity contribution >= 4 is 11.8 Å². The highest BCUT2D eigenvalue weighted by atomic mass is 16.5. The molecule has 222 valence electrons. The summed E-state index contributed by atoms with van der Waals surface area (Å²) in [4.78, 5) is 26.5. The van der Waals surface area contributed by atoms with E-state index in [2.05, 4.69) is 54.5 Å². The number of hydrogen-bond donors (Lipinski definition) is 1. The van der Waals surface area contributed by atoms with Crippen LogP contribution in [0.25, 0.3) is 0 Å². The quantitative estimate of drug-likeness (QED) is 0.280. The molecule has 4 nitrogen and oxygen atoms in total. The van der Waals surface area contributed by atoms with Crippen LogP contribution in [-0.4, -0.2) is 28.6 Å². The Labute approximate surface area is 239 Å². The predicted molar refractivity (Wildman–Crippen MR) is 158 cm³/mol. The zero-order chi connectivity index (χ0) is 29.4. The van der Waals surface area contributed by atoms with Crippen LogP contribution in [0, 0.1) is 50.7 Å². The van der Waals surface area contributed by atoms with Crippen LogP contribution in [-0.2, 0) is 14.3 Å². The van der Waals surface area contributed by atoms with E-state index in [-0.39, 0.29) is 45.6 Å². The van der Waals surface area contributed by atoms with E-state index >= 15 is 0 Å². The van der Waals surface area contributed by atoms with Gasteiger partial charge < -0.3 is 9.84 Å². The van der Waals surface area contributed by atoms with E-state index in [0.717, 1.165) is 51.4 Å². The largest absolute Gasteiger partial charge is 0.462 e. The molecule has 4 fully saturated rings. The van der Waals surface area contributed by atoms with Gasteiger partial charge in [-0.2, -0.15) is 0 Å². The summed E-state index contributed by atoms with van der Waals surface area (Å²) in [6.07, 6.45) is 10.3. The van der Waals surface area contributed by atoms with Gasteiger partial charge in [-0.1, -0.05) is 46.3 Å². The molecule has 0 amide bonds. The first-order valence-electron chi connectivity index (χ1n) is 15.8. The maximum absolute atomic E-state index is 13.4. The molecule has 4 rings (SSSR count). The minimum Gasteiger partial charge on any atom is -0.462 e. The van der Waals surface area contributed by atoms with Crippen LogP contribution in [0.1, 0.15) is 134 Å². The van der Waals surface area contributed by atoms with Gasteiger partial charge in [-0.3, -0.25) is 9.59 Å². The fraction of sp³-hybridized carbons (Fsp3) is 0.886. The second kappa shape index (κ2) is 9.70. The van der Waals surface area contributed by atoms with Crippen molar-refractivity contribution < 1.29 is 19.4 Å². The summed E-state index contributed by atoms with van der Waals surface area (Å²) in [5.41, 5.74) is -0.338. The minimum absolute atomic E-state index is 0.0365. The highest BCUT2D eigenvalue weighted by Crippen LogP contribution is 2.75. The van der Waals surface area contributed by atoms with Crippen molar-refractivity contribution in [3.63, 3.8) is 0 Å². The van der Waals surface area contributed by atoms with Crippen LogP contribution < -0.4 is 0 Å². The summed E-state index contributed by atoms with van der Waals surface area (Å²) >= 11 is 0. The molecule has 4 aliphatic rings. The van der Waals surface area contributed by atoms with Crippen molar-refractivity contribution in [3.8, 4) is 0 Å². The first-order chi connectivity index (χ1) is 17.7. The number of ether oxygens (including phenoxy) is 1. The lowest BCUT2D eigenvalue weighted by Gasteiger charge is -2.70. The molecule has 4 saturated carbocycles. The number of esters is 1. The fourth-order valence-electron chi connectivity index (χ4n) is 10.5. The number of allylic oxidation sites excluding steroid dienone is 2. The number of fused-ring (bicyclic) bond motifs is 5. The van der Waals surface area contributed by atoms with E-state index in [9.17, 15) is 14.7 Å². The Hall–Kier alpha value is -1.16. The molecule has 0 saturated heterocycles. The standard InChI is InChI=1S/C35H58O4/c1-22(2)13-12-17-35(11,38)23-14-19-34(10)28(23)24(39-29(37)30(3,4)5)21-26-32(8)18-16-27(36)31(6,7)25(32)15-20-33(26,34)9/h13,23-26,28,38H,12,14-21H2,1-11H3/t23?,24-,25?,26?,28?,32+,33-,34-,35+/m1/s1. The summed E-state index contributed by atoms with van der Waals surface area (Å²) in [5, 5.41) is 12.0. The molecular weight excluding hydrogens is 484 g/mol. The van der Waals surface area contributed by atoms with Crippen LogP contribution in [0.3, 0.4) is 0 Å². The fourth-order valence-corrected chi connectivity index (χ4v) is 10.5. The summed E-state index contributed by atoms with van der Waals surface area (Å²) in [7, 11) is 0. The predicted octanol–water partition coefficient (Wildman–Crippen LogP) is 8.31. The van der Waals surface area contributed by atoms with Crippen molar-refractivity contribution in [2.24, 2.45) is 50.7 Å². The topological polar surface area (TPSA) is 63.6 Å². The van der Waals surface area contributed by atoms with Gasteiger partial charge in [0.15, 0.2) is 0 Å². The number of carbonyl (C=O) groups excluding carboxylic acids is 2. The number of rotatable bonds is 5. The van der Waals surface area contributed by atoms with E-state index in [1.54, 1.807) is 0 Å². The average Bonchev–Trinajstić information content (AvgIpc) is 3.17. The monoisotopic (exact) mass is 542 g/mol. The Balaban J connectivity index is 1.78. The molecule has 0 aromatic rings. The maximum Gasteiger partial charge on any atom is 0.311 e. The molecule has 0 heterocycles. The van der Waals surface area contributed by atoms with Gasteiger partial charge >= 0.3 is 5.97 Å². The van der Waals surface area contributed by atoms with Crippen molar-refractivity contribution in [2.75, 3.05) is 0 Å². The van der Waals surface area contributed by atoms with Crippen molar-refractivity contribution in [3.05, 3.63) is 11.6 Å². The maximum atomic E-state index is 13.4. The van der Waals surface area contributed by atoms with Crippen LogP contribution in [0.5, 0.6) is 0 Å². The zero-order valence-corrected chi connectivity index (χ0v) is 27.0. The Morgan fingerprint density at radius 1 is 0.974 bits per heavy atom. The number of aliphatic hydroxyl groups is 1. The molecule has 39 heavy (non-hydrogen) atoms. The molecule has 0 spiro atoms. The zero-order valence-electron chi connectivity index (χ0n) is 27.0. The van der Waals surface area contributed by atoms with Crippen LogP contribution in [0.2, 0.25) is 0 Å². The van der Waals surface area contributed by atoms with Gasteiger partial charge in [-0.05, 0) is 127 Å². The Morgan fingerprint density at radius 3 is 2.18 bits per heavy atom. The summed E-state index contributed by atoms with van der Waals surface area (Å²) < 4.78 is 6.57. The van der Waals surface area contributed by atoms with Crippen LogP contribution in [0.15, 0.2) is 11.6 Å². The molecular formula is C35H58O4. The third-order valence-corrected chi connectivity index (χ3v) is 13.0. The summed E-state index contributed by atoms with van der Waals surface area (Å²) in [6, 6.07) is 0. The Kier molecular flexibility index (Phi) is 7.66. The Morgan fingerprint density at radius 2 is 1.59 bits per heavy atom. The highest BCUT2D eigenvalue weighted by Gasteiger charge is 2.72. The van der Waals surface area contributed by atoms with E-state index in [4.69, 9.17) is 4.74 Å². The van der Waals surface area contributed by atoms with Crippen LogP contribution in [0.4, 0.5) is 0 Å². The first kappa shape index (κ1) is 30.8. The number of ketones is 1. The van der Waals surface area contributed by atoms with Crippen molar-refractivity contribution in [2.45, 2.75) is 146 Å². The molecule has 0 aromatic carbocycles. The molecule has 0 radical (unpaired) electrons. The molecule has 4 aliphatic carbocycles. The third-order valence-electron chi connectivity index (χ3n) is 13.0. The second-order valence-corrected chi connectivity index (χ2v) is 16.9. The third kappa shape index (κ3) is 4.77. The smallest absolute Gasteiger partial charge is 0.311 e. The number of hydrogen-bond acceptors (Lipinski definition) is 4. The summed E-state index contributed by atoms with van der Waals surface area (Å²) in [5.74, 6) is 1.24. The van der Waals surface area contributed by atoms with Gasteiger partial charge in [0.25, 0.3) is 0 Å². The van der Waals surface area contributed by atoms with E-state index in [0.29, 0.717) is 24.0 Å². The normalized spacial score (nSPS) is 43.0. The van der Waals surface area contributed by atoms with E-state index in [1.165, 1.54) is 5.57 Å². The average molecular weight is 543 g/mol. The van der Waals surface area contributed by atoms with Gasteiger partial charge in [-0.25, -0.2) is 0 Å². The SMILES string of the molecule is CC(C)=CCC[C@](C)(O)C1CC[C@]2(C)C1[C@H](OC(=O)C(C)(C)C)CC1[C@@]3(C)CCC(=O)C(C)(C)C3CC[C@]12C. The van der Waals surface area contributed by atoms with Gasteiger partial charge in [0, 0.05) is 17.8 Å². The van der Waals surface area contributed by atoms with Gasteiger partial charge in [0.05, 0.1) is 11.0 Å². The first-order valence-corrected chi connectivity index (χ1v) is 15.8. The second-order valence-electron chi connectivity index (χ2n) is 16.9. The highest BCUT2D eigenvalue weighted by molar-refractivity contribution is 5.85. The van der Waals surface area contributed by atoms with Crippen molar-refractivity contribution in [1.29, 1.82) is 0 Å². The van der Waals surface area contributed by atoms with E-state index in [1.807, 2.05) is 27.7 Å². The lowest BCUT2D eigenvalue weighted by Crippen LogP contribution is -2.66. The molecule has 0 aliphatic heterocycles. The molecule has 1 N–H and O–H groups in total. The molecule has 9 atom stereocenters.